The van der Waals surface area contributed by atoms with Gasteiger partial charge in [-0.3, -0.25) is 14.4 Å². The summed E-state index contributed by atoms with van der Waals surface area (Å²) in [6.07, 6.45) is 1.75. The van der Waals surface area contributed by atoms with Gasteiger partial charge in [0, 0.05) is 19.2 Å². The summed E-state index contributed by atoms with van der Waals surface area (Å²) in [5.74, 6) is 0.0533. The van der Waals surface area contributed by atoms with E-state index < -0.39 is 12.1 Å². The largest absolute Gasteiger partial charge is 0.481 e. The molecule has 0 radical (unpaired) electrons. The highest BCUT2D eigenvalue weighted by Gasteiger charge is 2.34. The average molecular weight is 332 g/mol. The number of nitrogens with one attached hydrogen (secondary N) is 1. The van der Waals surface area contributed by atoms with Crippen molar-refractivity contribution in [2.75, 3.05) is 13.6 Å². The molecule has 6 heteroatoms. The predicted octanol–water partition coefficient (Wildman–Crippen LogP) is 1.78. The number of Topliss-reactive ketones (excluding diaryl/α,β-unsaturated/α-hetero) is 1. The fraction of sp³-hybridized carbons (Fsp3) is 0.500. The summed E-state index contributed by atoms with van der Waals surface area (Å²) in [4.78, 5) is 37.7. The molecule has 2 amide bonds. The third kappa shape index (κ3) is 4.13. The van der Waals surface area contributed by atoms with E-state index in [0.717, 1.165) is 12.8 Å². The zero-order valence-electron chi connectivity index (χ0n) is 14.4. The third-order valence-electron chi connectivity index (χ3n) is 4.24. The summed E-state index contributed by atoms with van der Waals surface area (Å²) in [6, 6.07) is 6.32. The first-order valence-electron chi connectivity index (χ1n) is 8.23. The van der Waals surface area contributed by atoms with Gasteiger partial charge >= 0.3 is 0 Å². The van der Waals surface area contributed by atoms with Crippen LogP contribution in [0.4, 0.5) is 0 Å². The number of hydrogen-bond donors (Lipinski definition) is 1. The highest BCUT2D eigenvalue weighted by Crippen LogP contribution is 2.21. The van der Waals surface area contributed by atoms with Crippen LogP contribution < -0.4 is 10.1 Å². The van der Waals surface area contributed by atoms with Gasteiger partial charge in [-0.05, 0) is 45.2 Å². The molecule has 0 aromatic heterocycles. The lowest BCUT2D eigenvalue weighted by Crippen LogP contribution is -2.54. The van der Waals surface area contributed by atoms with Crippen LogP contribution in [0, 0.1) is 0 Å². The van der Waals surface area contributed by atoms with E-state index in [9.17, 15) is 14.4 Å². The summed E-state index contributed by atoms with van der Waals surface area (Å²) in [5.41, 5.74) is 0.536. The van der Waals surface area contributed by atoms with Crippen molar-refractivity contribution in [3.8, 4) is 5.75 Å². The number of hydrogen-bond acceptors (Lipinski definition) is 4. The Bertz CT molecular complexity index is 629. The maximum Gasteiger partial charge on any atom is 0.264 e. The van der Waals surface area contributed by atoms with E-state index >= 15 is 0 Å². The molecule has 2 rings (SSSR count). The zero-order valence-corrected chi connectivity index (χ0v) is 14.4. The standard InChI is InChI=1S/C18H24N2O4/c1-12(21)14-7-6-8-15(11-14)24-13(2)18(23)20-10-5-4-9-16(20)17(22)19-3/h6-8,11,13,16H,4-5,9-10H2,1-3H3,(H,19,22)/t13-,16-/m1/s1. The van der Waals surface area contributed by atoms with Crippen LogP contribution in [0.3, 0.4) is 0 Å². The molecule has 130 valence electrons. The molecular formula is C18H24N2O4. The number of carbonyl (C=O) groups excluding carboxylic acids is 3. The van der Waals surface area contributed by atoms with E-state index in [4.69, 9.17) is 4.74 Å². The lowest BCUT2D eigenvalue weighted by molar-refractivity contribution is -0.147. The van der Waals surface area contributed by atoms with Gasteiger partial charge in [-0.25, -0.2) is 0 Å². The van der Waals surface area contributed by atoms with Gasteiger partial charge in [-0.2, -0.15) is 0 Å². The highest BCUT2D eigenvalue weighted by atomic mass is 16.5. The first-order chi connectivity index (χ1) is 11.4. The van der Waals surface area contributed by atoms with Gasteiger partial charge in [-0.15, -0.1) is 0 Å². The second-order valence-electron chi connectivity index (χ2n) is 6.00. The summed E-state index contributed by atoms with van der Waals surface area (Å²) in [5, 5.41) is 2.62. The Labute approximate surface area is 142 Å². The van der Waals surface area contributed by atoms with Crippen LogP contribution in [0.15, 0.2) is 24.3 Å². The fourth-order valence-corrected chi connectivity index (χ4v) is 2.91. The quantitative estimate of drug-likeness (QED) is 0.834. The Kier molecular flexibility index (Phi) is 5.95. The number of ether oxygens (including phenoxy) is 1. The lowest BCUT2D eigenvalue weighted by atomic mass is 10.0. The molecule has 2 atom stereocenters. The number of piperidine rings is 1. The smallest absolute Gasteiger partial charge is 0.264 e. The van der Waals surface area contributed by atoms with Gasteiger partial charge in [0.05, 0.1) is 0 Å². The van der Waals surface area contributed by atoms with Gasteiger partial charge in [-0.1, -0.05) is 12.1 Å². The lowest BCUT2D eigenvalue weighted by Gasteiger charge is -2.35. The monoisotopic (exact) mass is 332 g/mol. The number of likely N-dealkylation sites (N-methyl/N-ethyl adjacent to an activating group) is 1. The summed E-state index contributed by atoms with van der Waals surface area (Å²) in [7, 11) is 1.58. The number of rotatable bonds is 5. The van der Waals surface area contributed by atoms with Crippen molar-refractivity contribution >= 4 is 17.6 Å². The molecule has 1 fully saturated rings. The van der Waals surface area contributed by atoms with E-state index in [0.29, 0.717) is 24.3 Å². The van der Waals surface area contributed by atoms with Gasteiger partial charge in [0.1, 0.15) is 11.8 Å². The first kappa shape index (κ1) is 18.0. The first-order valence-corrected chi connectivity index (χ1v) is 8.23. The molecule has 0 bridgehead atoms. The number of amides is 2. The SMILES string of the molecule is CNC(=O)[C@H]1CCCCN1C(=O)[C@@H](C)Oc1cccc(C(C)=O)c1. The maximum atomic E-state index is 12.7. The summed E-state index contributed by atoms with van der Waals surface area (Å²) >= 11 is 0. The van der Waals surface area contributed by atoms with Gasteiger partial charge < -0.3 is 15.0 Å². The van der Waals surface area contributed by atoms with Crippen molar-refractivity contribution < 1.29 is 19.1 Å². The fourth-order valence-electron chi connectivity index (χ4n) is 2.91. The minimum Gasteiger partial charge on any atom is -0.481 e. The molecule has 1 aliphatic rings. The molecule has 24 heavy (non-hydrogen) atoms. The van der Waals surface area contributed by atoms with Crippen LogP contribution in [0.5, 0.6) is 5.75 Å². The van der Waals surface area contributed by atoms with Crippen LogP contribution in [0.25, 0.3) is 0 Å². The van der Waals surface area contributed by atoms with Crippen molar-refractivity contribution in [2.24, 2.45) is 0 Å². The van der Waals surface area contributed by atoms with E-state index in [1.165, 1.54) is 6.92 Å². The van der Waals surface area contributed by atoms with E-state index in [1.807, 2.05) is 0 Å². The van der Waals surface area contributed by atoms with Crippen molar-refractivity contribution in [1.82, 2.24) is 10.2 Å². The van der Waals surface area contributed by atoms with Gasteiger partial charge in [0.25, 0.3) is 5.91 Å². The number of nitrogens with zero attached hydrogens (tertiary/aromatic N) is 1. The van der Waals surface area contributed by atoms with Crippen LogP contribution in [0.2, 0.25) is 0 Å². The Morgan fingerprint density at radius 3 is 2.71 bits per heavy atom. The molecule has 0 aliphatic carbocycles. The molecule has 1 aliphatic heterocycles. The maximum absolute atomic E-state index is 12.7. The molecule has 1 aromatic rings. The van der Waals surface area contributed by atoms with Crippen LogP contribution in [-0.4, -0.2) is 48.2 Å². The number of ketones is 1. The predicted molar refractivity (Wildman–Crippen MR) is 90.0 cm³/mol. The molecule has 0 unspecified atom stereocenters. The van der Waals surface area contributed by atoms with Gasteiger partial charge in [0.2, 0.25) is 5.91 Å². The Balaban J connectivity index is 2.09. The number of carbonyl (C=O) groups is 3. The van der Waals surface area contributed by atoms with E-state index in [1.54, 1.807) is 43.1 Å². The summed E-state index contributed by atoms with van der Waals surface area (Å²) < 4.78 is 5.71. The second-order valence-corrected chi connectivity index (χ2v) is 6.00. The molecule has 0 saturated carbocycles. The Morgan fingerprint density at radius 1 is 1.29 bits per heavy atom. The highest BCUT2D eigenvalue weighted by molar-refractivity contribution is 5.94. The normalized spacial score (nSPS) is 18.6. The molecule has 0 spiro atoms. The van der Waals surface area contributed by atoms with Crippen LogP contribution in [0.1, 0.15) is 43.5 Å². The number of likely N-dealkylation sites (tertiary alicyclic amines) is 1. The average Bonchev–Trinajstić information content (AvgIpc) is 2.60. The van der Waals surface area contributed by atoms with Crippen LogP contribution >= 0.6 is 0 Å². The minimum atomic E-state index is -0.725. The van der Waals surface area contributed by atoms with E-state index in [2.05, 4.69) is 5.32 Å². The van der Waals surface area contributed by atoms with E-state index in [-0.39, 0.29) is 17.6 Å². The van der Waals surface area contributed by atoms with Crippen LogP contribution in [-0.2, 0) is 9.59 Å². The molecule has 6 nitrogen and oxygen atoms in total. The van der Waals surface area contributed by atoms with Crippen molar-refractivity contribution in [3.63, 3.8) is 0 Å². The molecule has 1 saturated heterocycles. The topological polar surface area (TPSA) is 75.7 Å². The third-order valence-corrected chi connectivity index (χ3v) is 4.24. The molecular weight excluding hydrogens is 308 g/mol. The van der Waals surface area contributed by atoms with Crippen molar-refractivity contribution in [3.05, 3.63) is 29.8 Å². The van der Waals surface area contributed by atoms with Crippen molar-refractivity contribution in [2.45, 2.75) is 45.3 Å². The number of benzene rings is 1. The molecule has 1 heterocycles. The molecule has 1 N–H and O–H groups in total. The summed E-state index contributed by atoms with van der Waals surface area (Å²) in [6.45, 7) is 3.70. The molecule has 1 aromatic carbocycles. The zero-order chi connectivity index (χ0) is 17.7. The van der Waals surface area contributed by atoms with Gasteiger partial charge in [0.15, 0.2) is 11.9 Å². The second kappa shape index (κ2) is 7.95. The Morgan fingerprint density at radius 2 is 2.04 bits per heavy atom. The van der Waals surface area contributed by atoms with Crippen molar-refractivity contribution in [1.29, 1.82) is 0 Å². The Hall–Kier alpha value is -2.37. The minimum absolute atomic E-state index is 0.0601.